The van der Waals surface area contributed by atoms with Gasteiger partial charge in [0.1, 0.15) is 12.4 Å². The molecule has 2 heterocycles. The van der Waals surface area contributed by atoms with Gasteiger partial charge in [-0.2, -0.15) is 24.9 Å². The zero-order valence-corrected chi connectivity index (χ0v) is 13.9. The number of alkyl halides is 3. The molecule has 0 spiro atoms. The summed E-state index contributed by atoms with van der Waals surface area (Å²) in [5, 5.41) is 11.0. The number of hydrogen-bond acceptors (Lipinski definition) is 5. The predicted molar refractivity (Wildman–Crippen MR) is 89.0 cm³/mol. The van der Waals surface area contributed by atoms with Gasteiger partial charge in [-0.25, -0.2) is 4.57 Å². The molecule has 0 saturated carbocycles. The third-order valence-electron chi connectivity index (χ3n) is 3.96. The molecular weight excluding hydrogens is 357 g/mol. The molecule has 25 heavy (non-hydrogen) atoms. The minimum atomic E-state index is -4.43. The summed E-state index contributed by atoms with van der Waals surface area (Å²) in [4.78, 5) is 16.0. The maximum atomic E-state index is 13.1. The van der Waals surface area contributed by atoms with E-state index in [2.05, 4.69) is 4.98 Å². The predicted octanol–water partition coefficient (Wildman–Crippen LogP) is 3.41. The number of rotatable bonds is 4. The van der Waals surface area contributed by atoms with Crippen LogP contribution in [0.15, 0.2) is 30.6 Å². The number of nitro groups is 1. The molecule has 2 aromatic rings. The van der Waals surface area contributed by atoms with Crippen LogP contribution in [0.1, 0.15) is 11.1 Å². The van der Waals surface area contributed by atoms with Crippen LogP contribution < -0.4 is 4.90 Å². The van der Waals surface area contributed by atoms with Crippen molar-refractivity contribution in [3.8, 4) is 0 Å². The highest BCUT2D eigenvalue weighted by Gasteiger charge is 2.32. The van der Waals surface area contributed by atoms with Crippen LogP contribution in [0.25, 0.3) is 0 Å². The highest BCUT2D eigenvalue weighted by molar-refractivity contribution is 7.99. The molecule has 0 bridgehead atoms. The smallest absolute Gasteiger partial charge is 0.390 e. The molecule has 0 unspecified atom stereocenters. The lowest BCUT2D eigenvalue weighted by Crippen LogP contribution is -2.33. The van der Waals surface area contributed by atoms with Crippen LogP contribution >= 0.6 is 11.8 Å². The second-order valence-electron chi connectivity index (χ2n) is 5.55. The molecule has 1 aromatic carbocycles. The molecule has 1 fully saturated rings. The van der Waals surface area contributed by atoms with Gasteiger partial charge in [0.25, 0.3) is 0 Å². The summed E-state index contributed by atoms with van der Waals surface area (Å²) in [7, 11) is 0. The van der Waals surface area contributed by atoms with Gasteiger partial charge >= 0.3 is 12.1 Å². The lowest BCUT2D eigenvalue weighted by atomic mass is 10.1. The Bertz CT molecular complexity index is 772. The average Bonchev–Trinajstić information content (AvgIpc) is 3.03. The summed E-state index contributed by atoms with van der Waals surface area (Å²) >= 11 is 1.75. The summed E-state index contributed by atoms with van der Waals surface area (Å²) in [6.45, 7) is 1.38. The van der Waals surface area contributed by atoms with Crippen LogP contribution in [0, 0.1) is 10.1 Å². The zero-order valence-electron chi connectivity index (χ0n) is 13.1. The van der Waals surface area contributed by atoms with E-state index in [1.165, 1.54) is 23.0 Å². The minimum Gasteiger partial charge on any atom is -0.390 e. The van der Waals surface area contributed by atoms with Gasteiger partial charge in [0.05, 0.1) is 12.1 Å². The first-order valence-corrected chi connectivity index (χ1v) is 8.70. The molecule has 1 aliphatic heterocycles. The number of anilines is 1. The van der Waals surface area contributed by atoms with Crippen LogP contribution in [0.3, 0.4) is 0 Å². The fraction of sp³-hybridized carbons (Fsp3) is 0.400. The Balaban J connectivity index is 1.99. The molecule has 1 aliphatic rings. The number of nitrogens with zero attached hydrogens (tertiary/aromatic N) is 4. The molecular formula is C15H15F3N4O2S. The first kappa shape index (κ1) is 17.6. The molecule has 6 nitrogen and oxygen atoms in total. The number of imidazole rings is 1. The standard InChI is InChI=1S/C15H15F3N4O2S/c16-15(17,18)12-2-1-11(10-21-4-3-19-14(21)22(23)24)13(9-12)20-5-7-25-8-6-20/h1-4,9H,5-8,10H2. The third-order valence-corrected chi connectivity index (χ3v) is 4.90. The highest BCUT2D eigenvalue weighted by Crippen LogP contribution is 2.34. The molecule has 1 saturated heterocycles. The Labute approximate surface area is 145 Å². The van der Waals surface area contributed by atoms with E-state index in [1.807, 2.05) is 4.90 Å². The van der Waals surface area contributed by atoms with Gasteiger partial charge in [-0.15, -0.1) is 0 Å². The number of benzene rings is 1. The average molecular weight is 372 g/mol. The normalized spacial score (nSPS) is 15.4. The minimum absolute atomic E-state index is 0.0907. The van der Waals surface area contributed by atoms with E-state index >= 15 is 0 Å². The summed E-state index contributed by atoms with van der Waals surface area (Å²) < 4.78 is 40.6. The summed E-state index contributed by atoms with van der Waals surface area (Å²) in [6, 6.07) is 3.54. The van der Waals surface area contributed by atoms with Gasteiger partial charge in [0.15, 0.2) is 0 Å². The molecule has 3 rings (SSSR count). The fourth-order valence-corrected chi connectivity index (χ4v) is 3.66. The monoisotopic (exact) mass is 372 g/mol. The number of hydrogen-bond donors (Lipinski definition) is 0. The maximum Gasteiger partial charge on any atom is 0.434 e. The van der Waals surface area contributed by atoms with Crippen molar-refractivity contribution in [1.82, 2.24) is 9.55 Å². The first-order chi connectivity index (χ1) is 11.9. The molecule has 0 aliphatic carbocycles. The van der Waals surface area contributed by atoms with Crippen molar-refractivity contribution in [3.63, 3.8) is 0 Å². The quantitative estimate of drug-likeness (QED) is 0.608. The zero-order chi connectivity index (χ0) is 18.0. The van der Waals surface area contributed by atoms with Crippen molar-refractivity contribution in [2.24, 2.45) is 0 Å². The number of halogens is 3. The Hall–Kier alpha value is -2.23. The fourth-order valence-electron chi connectivity index (χ4n) is 2.75. The second kappa shape index (κ2) is 6.95. The Morgan fingerprint density at radius 3 is 2.64 bits per heavy atom. The van der Waals surface area contributed by atoms with E-state index in [1.54, 1.807) is 11.8 Å². The topological polar surface area (TPSA) is 64.2 Å². The van der Waals surface area contributed by atoms with Gasteiger partial charge in [0.2, 0.25) is 0 Å². The van der Waals surface area contributed by atoms with Gasteiger partial charge in [-0.3, -0.25) is 0 Å². The molecule has 0 amide bonds. The molecule has 0 N–H and O–H groups in total. The van der Waals surface area contributed by atoms with Crippen molar-refractivity contribution in [2.45, 2.75) is 12.7 Å². The molecule has 0 radical (unpaired) electrons. The van der Waals surface area contributed by atoms with Crippen LogP contribution in [-0.4, -0.2) is 39.1 Å². The molecule has 10 heteroatoms. The van der Waals surface area contributed by atoms with E-state index in [9.17, 15) is 23.3 Å². The SMILES string of the molecule is O=[N+]([O-])c1nccn1Cc1ccc(C(F)(F)F)cc1N1CCSCC1. The number of thioether (sulfide) groups is 1. The lowest BCUT2D eigenvalue weighted by molar-refractivity contribution is -0.396. The highest BCUT2D eigenvalue weighted by atomic mass is 32.2. The van der Waals surface area contributed by atoms with Crippen molar-refractivity contribution < 1.29 is 18.1 Å². The first-order valence-electron chi connectivity index (χ1n) is 7.54. The van der Waals surface area contributed by atoms with Crippen molar-refractivity contribution in [3.05, 3.63) is 51.8 Å². The largest absolute Gasteiger partial charge is 0.434 e. The Morgan fingerprint density at radius 2 is 2.00 bits per heavy atom. The van der Waals surface area contributed by atoms with Crippen molar-refractivity contribution in [2.75, 3.05) is 29.5 Å². The number of aromatic nitrogens is 2. The van der Waals surface area contributed by atoms with E-state index in [0.29, 0.717) is 24.3 Å². The van der Waals surface area contributed by atoms with Gasteiger partial charge in [-0.05, 0) is 17.1 Å². The summed E-state index contributed by atoms with van der Waals surface area (Å²) in [5.41, 5.74) is 0.351. The van der Waals surface area contributed by atoms with Crippen LogP contribution in [0.5, 0.6) is 0 Å². The molecule has 0 atom stereocenters. The van der Waals surface area contributed by atoms with Crippen LogP contribution in [0.4, 0.5) is 24.8 Å². The maximum absolute atomic E-state index is 13.1. The Morgan fingerprint density at radius 1 is 1.28 bits per heavy atom. The van der Waals surface area contributed by atoms with Gasteiger partial charge < -0.3 is 15.0 Å². The third kappa shape index (κ3) is 3.89. The summed E-state index contributed by atoms with van der Waals surface area (Å²) in [6.07, 6.45) is -1.68. The van der Waals surface area contributed by atoms with Crippen molar-refractivity contribution in [1.29, 1.82) is 0 Å². The van der Waals surface area contributed by atoms with E-state index < -0.39 is 16.7 Å². The van der Waals surface area contributed by atoms with E-state index in [-0.39, 0.29) is 12.5 Å². The lowest BCUT2D eigenvalue weighted by Gasteiger charge is -2.30. The Kier molecular flexibility index (Phi) is 4.89. The van der Waals surface area contributed by atoms with Gasteiger partial charge in [0, 0.05) is 35.8 Å². The van der Waals surface area contributed by atoms with E-state index in [0.717, 1.165) is 23.6 Å². The summed E-state index contributed by atoms with van der Waals surface area (Å²) in [5.74, 6) is 1.34. The van der Waals surface area contributed by atoms with Crippen molar-refractivity contribution >= 4 is 23.4 Å². The van der Waals surface area contributed by atoms with E-state index in [4.69, 9.17) is 0 Å². The molecule has 1 aromatic heterocycles. The second-order valence-corrected chi connectivity index (χ2v) is 6.78. The van der Waals surface area contributed by atoms with Crippen LogP contribution in [-0.2, 0) is 12.7 Å². The van der Waals surface area contributed by atoms with Crippen LogP contribution in [0.2, 0.25) is 0 Å². The molecule has 134 valence electrons. The van der Waals surface area contributed by atoms with Gasteiger partial charge in [-0.1, -0.05) is 11.1 Å².